The van der Waals surface area contributed by atoms with Crippen molar-refractivity contribution >= 4 is 27.8 Å². The lowest BCUT2D eigenvalue weighted by Gasteiger charge is -2.30. The topological polar surface area (TPSA) is 67.3 Å². The number of hydrogen-bond donors (Lipinski definition) is 1. The molecule has 1 aliphatic heterocycles. The van der Waals surface area contributed by atoms with Crippen LogP contribution in [0.25, 0.3) is 0 Å². The Morgan fingerprint density at radius 1 is 1.30 bits per heavy atom. The molecule has 0 bridgehead atoms. The van der Waals surface area contributed by atoms with E-state index in [1.807, 2.05) is 31.2 Å². The van der Waals surface area contributed by atoms with Crippen LogP contribution in [0.1, 0.15) is 31.0 Å². The number of hydrogen-bond acceptors (Lipinski definition) is 5. The van der Waals surface area contributed by atoms with Gasteiger partial charge in [0, 0.05) is 35.9 Å². The maximum atomic E-state index is 12.1. The zero-order valence-corrected chi connectivity index (χ0v) is 17.3. The minimum atomic E-state index is -0.185. The molecule has 1 amide bonds. The fourth-order valence-electron chi connectivity index (χ4n) is 2.97. The van der Waals surface area contributed by atoms with E-state index in [4.69, 9.17) is 4.74 Å². The normalized spacial score (nSPS) is 14.9. The molecule has 1 saturated heterocycles. The summed E-state index contributed by atoms with van der Waals surface area (Å²) in [5.74, 6) is 1.68. The van der Waals surface area contributed by atoms with Crippen molar-refractivity contribution in [2.24, 2.45) is 5.92 Å². The molecule has 1 N–H and O–H groups in total. The van der Waals surface area contributed by atoms with Crippen LogP contribution in [-0.4, -0.2) is 35.6 Å². The van der Waals surface area contributed by atoms with Gasteiger partial charge < -0.3 is 15.0 Å². The predicted octanol–water partition coefficient (Wildman–Crippen LogP) is 3.48. The lowest BCUT2D eigenvalue weighted by atomic mass is 10.00. The second-order valence-corrected chi connectivity index (χ2v) is 7.83. The second kappa shape index (κ2) is 9.17. The van der Waals surface area contributed by atoms with Crippen molar-refractivity contribution < 1.29 is 9.53 Å². The van der Waals surface area contributed by atoms with E-state index in [1.54, 1.807) is 6.07 Å². The van der Waals surface area contributed by atoms with E-state index < -0.39 is 0 Å². The molecular formula is C20H25BrN4O2. The fourth-order valence-corrected chi connectivity index (χ4v) is 3.40. The summed E-state index contributed by atoms with van der Waals surface area (Å²) in [6, 6.07) is 9.55. The highest BCUT2D eigenvalue weighted by atomic mass is 79.9. The first-order valence-corrected chi connectivity index (χ1v) is 10.0. The minimum absolute atomic E-state index is 0.0720. The van der Waals surface area contributed by atoms with Crippen LogP contribution in [0, 0.1) is 12.8 Å². The molecule has 0 saturated carbocycles. The van der Waals surface area contributed by atoms with Crippen molar-refractivity contribution in [1.82, 2.24) is 15.3 Å². The summed E-state index contributed by atoms with van der Waals surface area (Å²) in [5, 5.41) is 2.86. The van der Waals surface area contributed by atoms with Crippen molar-refractivity contribution in [1.29, 1.82) is 0 Å². The molecule has 1 aromatic carbocycles. The summed E-state index contributed by atoms with van der Waals surface area (Å²) in [4.78, 5) is 23.3. The summed E-state index contributed by atoms with van der Waals surface area (Å²) >= 11 is 3.48. The number of rotatable bonds is 6. The monoisotopic (exact) mass is 432 g/mol. The maximum absolute atomic E-state index is 12.1. The van der Waals surface area contributed by atoms with Crippen LogP contribution in [-0.2, 0) is 11.3 Å². The smallest absolute Gasteiger partial charge is 0.258 e. The second-order valence-electron chi connectivity index (χ2n) is 6.97. The fraction of sp³-hybridized carbons (Fsp3) is 0.450. The molecular weight excluding hydrogens is 408 g/mol. The molecule has 2 heterocycles. The van der Waals surface area contributed by atoms with E-state index >= 15 is 0 Å². The number of halogens is 1. The number of nitrogens with zero attached hydrogens (tertiary/aromatic N) is 3. The van der Waals surface area contributed by atoms with Gasteiger partial charge in [-0.1, -0.05) is 41.1 Å². The molecule has 0 spiro atoms. The Balaban J connectivity index is 1.54. The molecule has 7 heteroatoms. The molecule has 1 aromatic heterocycles. The van der Waals surface area contributed by atoms with Crippen molar-refractivity contribution in [3.63, 3.8) is 0 Å². The minimum Gasteiger partial charge on any atom is -0.467 e. The van der Waals surface area contributed by atoms with Gasteiger partial charge in [0.25, 0.3) is 5.91 Å². The number of carbonyl (C=O) groups is 1. The molecule has 144 valence electrons. The van der Waals surface area contributed by atoms with E-state index in [0.29, 0.717) is 18.4 Å². The third-order valence-electron chi connectivity index (χ3n) is 4.67. The lowest BCUT2D eigenvalue weighted by molar-refractivity contribution is -0.123. The SMILES string of the molecule is Cc1cc(OCC(=O)NCc2ccccc2Br)nc(N2CCC(C)CC2)n1. The van der Waals surface area contributed by atoms with Gasteiger partial charge in [0.15, 0.2) is 6.61 Å². The molecule has 1 aliphatic rings. The highest BCUT2D eigenvalue weighted by Gasteiger charge is 2.19. The molecule has 0 atom stereocenters. The number of benzene rings is 1. The summed E-state index contributed by atoms with van der Waals surface area (Å²) in [5.41, 5.74) is 1.85. The highest BCUT2D eigenvalue weighted by Crippen LogP contribution is 2.22. The Labute approximate surface area is 168 Å². The first kappa shape index (κ1) is 19.6. The summed E-state index contributed by atoms with van der Waals surface area (Å²) in [6.45, 7) is 6.47. The van der Waals surface area contributed by atoms with Crippen molar-refractivity contribution in [3.05, 3.63) is 46.1 Å². The number of ether oxygens (including phenoxy) is 1. The van der Waals surface area contributed by atoms with E-state index in [0.717, 1.165) is 47.6 Å². The first-order valence-electron chi connectivity index (χ1n) is 9.25. The lowest BCUT2D eigenvalue weighted by Crippen LogP contribution is -2.34. The number of aromatic nitrogens is 2. The average molecular weight is 433 g/mol. The van der Waals surface area contributed by atoms with Gasteiger partial charge in [0.1, 0.15) is 0 Å². The Hall–Kier alpha value is -2.15. The molecule has 0 aliphatic carbocycles. The van der Waals surface area contributed by atoms with Crippen LogP contribution in [0.2, 0.25) is 0 Å². The predicted molar refractivity (Wildman–Crippen MR) is 109 cm³/mol. The summed E-state index contributed by atoms with van der Waals surface area (Å²) < 4.78 is 6.59. The van der Waals surface area contributed by atoms with Crippen LogP contribution >= 0.6 is 15.9 Å². The third kappa shape index (κ3) is 5.66. The van der Waals surface area contributed by atoms with Crippen molar-refractivity contribution in [3.8, 4) is 5.88 Å². The standard InChI is InChI=1S/C20H25BrN4O2/c1-14-7-9-25(10-8-14)20-23-15(2)11-19(24-20)27-13-18(26)22-12-16-5-3-4-6-17(16)21/h3-6,11,14H,7-10,12-13H2,1-2H3,(H,22,26). The van der Waals surface area contributed by atoms with E-state index in [1.165, 1.54) is 0 Å². The van der Waals surface area contributed by atoms with Crippen molar-refractivity contribution in [2.75, 3.05) is 24.6 Å². The Bertz CT molecular complexity index is 791. The van der Waals surface area contributed by atoms with Crippen LogP contribution in [0.3, 0.4) is 0 Å². The molecule has 3 rings (SSSR count). The van der Waals surface area contributed by atoms with Gasteiger partial charge in [0.2, 0.25) is 11.8 Å². The molecule has 1 fully saturated rings. The Morgan fingerprint density at radius 2 is 2.04 bits per heavy atom. The van der Waals surface area contributed by atoms with Gasteiger partial charge in [0.05, 0.1) is 0 Å². The quantitative estimate of drug-likeness (QED) is 0.756. The number of nitrogens with one attached hydrogen (secondary N) is 1. The molecule has 27 heavy (non-hydrogen) atoms. The van der Waals surface area contributed by atoms with Gasteiger partial charge >= 0.3 is 0 Å². The third-order valence-corrected chi connectivity index (χ3v) is 5.44. The number of anilines is 1. The number of aryl methyl sites for hydroxylation is 1. The number of carbonyl (C=O) groups excluding carboxylic acids is 1. The molecule has 2 aromatic rings. The zero-order chi connectivity index (χ0) is 19.2. The van der Waals surface area contributed by atoms with Gasteiger partial charge in [-0.15, -0.1) is 0 Å². The first-order chi connectivity index (χ1) is 13.0. The van der Waals surface area contributed by atoms with Gasteiger partial charge in [-0.3, -0.25) is 4.79 Å². The Morgan fingerprint density at radius 3 is 2.78 bits per heavy atom. The van der Waals surface area contributed by atoms with E-state index in [2.05, 4.69) is 43.0 Å². The van der Waals surface area contributed by atoms with Crippen molar-refractivity contribution in [2.45, 2.75) is 33.2 Å². The largest absolute Gasteiger partial charge is 0.467 e. The van der Waals surface area contributed by atoms with Gasteiger partial charge in [-0.05, 0) is 37.3 Å². The number of piperidine rings is 1. The van der Waals surface area contributed by atoms with Crippen LogP contribution in [0.4, 0.5) is 5.95 Å². The molecule has 0 radical (unpaired) electrons. The highest BCUT2D eigenvalue weighted by molar-refractivity contribution is 9.10. The Kier molecular flexibility index (Phi) is 6.66. The number of amides is 1. The molecule has 6 nitrogen and oxygen atoms in total. The zero-order valence-electron chi connectivity index (χ0n) is 15.7. The van der Waals surface area contributed by atoms with Gasteiger partial charge in [-0.2, -0.15) is 4.98 Å². The van der Waals surface area contributed by atoms with Gasteiger partial charge in [-0.25, -0.2) is 4.98 Å². The average Bonchev–Trinajstić information content (AvgIpc) is 2.66. The van der Waals surface area contributed by atoms with E-state index in [9.17, 15) is 4.79 Å². The maximum Gasteiger partial charge on any atom is 0.258 e. The summed E-state index contributed by atoms with van der Waals surface area (Å²) in [7, 11) is 0. The molecule has 0 unspecified atom stereocenters. The van der Waals surface area contributed by atoms with Crippen LogP contribution in [0.15, 0.2) is 34.8 Å². The van der Waals surface area contributed by atoms with Crippen LogP contribution < -0.4 is 15.0 Å². The summed E-state index contributed by atoms with van der Waals surface area (Å²) in [6.07, 6.45) is 2.29. The van der Waals surface area contributed by atoms with E-state index in [-0.39, 0.29) is 12.5 Å². The van der Waals surface area contributed by atoms with Crippen LogP contribution in [0.5, 0.6) is 5.88 Å².